The molecule has 1 aromatic carbocycles. The number of carbonyl (C=O) groups excluding carboxylic acids is 3. The maximum atomic E-state index is 11.8. The van der Waals surface area contributed by atoms with Gasteiger partial charge in [0.15, 0.2) is 0 Å². The van der Waals surface area contributed by atoms with E-state index >= 15 is 0 Å². The van der Waals surface area contributed by atoms with E-state index in [0.29, 0.717) is 5.56 Å². The van der Waals surface area contributed by atoms with Crippen molar-refractivity contribution in [3.63, 3.8) is 0 Å². The van der Waals surface area contributed by atoms with Crippen LogP contribution in [0.4, 0.5) is 0 Å². The molecule has 0 aliphatic heterocycles. The number of rotatable bonds is 6. The van der Waals surface area contributed by atoms with Crippen molar-refractivity contribution in [1.82, 2.24) is 0 Å². The van der Waals surface area contributed by atoms with Crippen LogP contribution in [0, 0.1) is 0 Å². The van der Waals surface area contributed by atoms with Crippen LogP contribution >= 0.6 is 0 Å². The number of carbonyl (C=O) groups is 3. The van der Waals surface area contributed by atoms with Gasteiger partial charge < -0.3 is 15.2 Å². The maximum Gasteiger partial charge on any atom is 0.338 e. The number of primary amides is 1. The van der Waals surface area contributed by atoms with Gasteiger partial charge in [-0.1, -0.05) is 18.2 Å². The standard InChI is InChI=1S/C13H15NO5/c1-18-12(16)8-10(7-11(14)15)19-13(17)9-5-3-2-4-6-9/h2-6,10H,7-8H2,1H3,(H2,14,15)/t10-/m0/s1. The van der Waals surface area contributed by atoms with Crippen LogP contribution in [0.2, 0.25) is 0 Å². The number of esters is 2. The largest absolute Gasteiger partial charge is 0.469 e. The van der Waals surface area contributed by atoms with Crippen molar-refractivity contribution in [3.8, 4) is 0 Å². The topological polar surface area (TPSA) is 95.7 Å². The average Bonchev–Trinajstić information content (AvgIpc) is 2.38. The fourth-order valence-corrected chi connectivity index (χ4v) is 1.44. The number of ether oxygens (including phenoxy) is 2. The molecule has 0 radical (unpaired) electrons. The summed E-state index contributed by atoms with van der Waals surface area (Å²) in [4.78, 5) is 33.8. The Morgan fingerprint density at radius 2 is 1.79 bits per heavy atom. The molecule has 1 atom stereocenters. The smallest absolute Gasteiger partial charge is 0.338 e. The molecule has 0 spiro atoms. The monoisotopic (exact) mass is 265 g/mol. The number of amides is 1. The van der Waals surface area contributed by atoms with Crippen LogP contribution in [-0.4, -0.2) is 31.1 Å². The summed E-state index contributed by atoms with van der Waals surface area (Å²) >= 11 is 0. The number of methoxy groups -OCH3 is 1. The van der Waals surface area contributed by atoms with Gasteiger partial charge in [0.2, 0.25) is 5.91 Å². The fraction of sp³-hybridized carbons (Fsp3) is 0.308. The normalized spacial score (nSPS) is 11.4. The Hall–Kier alpha value is -2.37. The van der Waals surface area contributed by atoms with Crippen molar-refractivity contribution < 1.29 is 23.9 Å². The van der Waals surface area contributed by atoms with E-state index in [1.807, 2.05) is 0 Å². The number of nitrogens with two attached hydrogens (primary N) is 1. The number of benzene rings is 1. The minimum atomic E-state index is -0.919. The highest BCUT2D eigenvalue weighted by atomic mass is 16.6. The summed E-state index contributed by atoms with van der Waals surface area (Å²) in [5.74, 6) is -1.85. The molecule has 1 amide bonds. The Labute approximate surface area is 110 Å². The van der Waals surface area contributed by atoms with Crippen molar-refractivity contribution in [2.45, 2.75) is 18.9 Å². The fourth-order valence-electron chi connectivity index (χ4n) is 1.44. The predicted molar refractivity (Wildman–Crippen MR) is 66.1 cm³/mol. The number of hydrogen-bond acceptors (Lipinski definition) is 5. The van der Waals surface area contributed by atoms with Crippen LogP contribution in [0.15, 0.2) is 30.3 Å². The van der Waals surface area contributed by atoms with Gasteiger partial charge in [0.25, 0.3) is 0 Å². The molecule has 0 aliphatic carbocycles. The predicted octanol–water partition coefficient (Wildman–Crippen LogP) is 0.650. The highest BCUT2D eigenvalue weighted by molar-refractivity contribution is 5.90. The zero-order valence-corrected chi connectivity index (χ0v) is 10.5. The molecule has 1 aromatic rings. The first kappa shape index (κ1) is 14.7. The molecule has 19 heavy (non-hydrogen) atoms. The minimum absolute atomic E-state index is 0.210. The first-order valence-corrected chi connectivity index (χ1v) is 5.64. The highest BCUT2D eigenvalue weighted by Gasteiger charge is 2.21. The van der Waals surface area contributed by atoms with Crippen molar-refractivity contribution in [3.05, 3.63) is 35.9 Å². The SMILES string of the molecule is COC(=O)C[C@H](CC(N)=O)OC(=O)c1ccccc1. The molecular formula is C13H15NO5. The Morgan fingerprint density at radius 3 is 2.32 bits per heavy atom. The van der Waals surface area contributed by atoms with E-state index in [2.05, 4.69) is 4.74 Å². The molecule has 6 heteroatoms. The molecule has 0 aromatic heterocycles. The third kappa shape index (κ3) is 5.20. The summed E-state index contributed by atoms with van der Waals surface area (Å²) in [5, 5.41) is 0. The molecule has 6 nitrogen and oxygen atoms in total. The van der Waals surface area contributed by atoms with Gasteiger partial charge in [-0.25, -0.2) is 4.79 Å². The van der Waals surface area contributed by atoms with Crippen molar-refractivity contribution in [1.29, 1.82) is 0 Å². The molecule has 0 bridgehead atoms. The van der Waals surface area contributed by atoms with Gasteiger partial charge in [-0.3, -0.25) is 9.59 Å². The second kappa shape index (κ2) is 7.15. The van der Waals surface area contributed by atoms with E-state index in [9.17, 15) is 14.4 Å². The third-order valence-corrected chi connectivity index (χ3v) is 2.33. The lowest BCUT2D eigenvalue weighted by molar-refractivity contribution is -0.143. The van der Waals surface area contributed by atoms with Gasteiger partial charge in [0, 0.05) is 0 Å². The molecule has 102 valence electrons. The van der Waals surface area contributed by atoms with Crippen LogP contribution in [0.3, 0.4) is 0 Å². The quantitative estimate of drug-likeness (QED) is 0.762. The van der Waals surface area contributed by atoms with E-state index in [-0.39, 0.29) is 12.8 Å². The summed E-state index contributed by atoms with van der Waals surface area (Å²) in [5.41, 5.74) is 5.38. The zero-order chi connectivity index (χ0) is 14.3. The minimum Gasteiger partial charge on any atom is -0.469 e. The van der Waals surface area contributed by atoms with Gasteiger partial charge in [-0.2, -0.15) is 0 Å². The van der Waals surface area contributed by atoms with Crippen LogP contribution in [0.5, 0.6) is 0 Å². The van der Waals surface area contributed by atoms with Crippen LogP contribution in [-0.2, 0) is 19.1 Å². The summed E-state index contributed by atoms with van der Waals surface area (Å²) in [6, 6.07) is 8.26. The lowest BCUT2D eigenvalue weighted by atomic mass is 10.1. The summed E-state index contributed by atoms with van der Waals surface area (Å²) in [6.07, 6.45) is -1.36. The highest BCUT2D eigenvalue weighted by Crippen LogP contribution is 2.10. The molecule has 0 fully saturated rings. The van der Waals surface area contributed by atoms with Crippen molar-refractivity contribution in [2.24, 2.45) is 5.73 Å². The van der Waals surface area contributed by atoms with Gasteiger partial charge >= 0.3 is 11.9 Å². The van der Waals surface area contributed by atoms with E-state index in [1.165, 1.54) is 7.11 Å². The second-order valence-corrected chi connectivity index (χ2v) is 3.84. The van der Waals surface area contributed by atoms with Crippen molar-refractivity contribution >= 4 is 17.8 Å². The second-order valence-electron chi connectivity index (χ2n) is 3.84. The average molecular weight is 265 g/mol. The first-order valence-electron chi connectivity index (χ1n) is 5.64. The zero-order valence-electron chi connectivity index (χ0n) is 10.5. The van der Waals surface area contributed by atoms with Gasteiger partial charge in [-0.15, -0.1) is 0 Å². The Morgan fingerprint density at radius 1 is 1.16 bits per heavy atom. The molecule has 0 unspecified atom stereocenters. The number of hydrogen-bond donors (Lipinski definition) is 1. The molecule has 0 saturated carbocycles. The molecule has 0 saturated heterocycles. The Balaban J connectivity index is 2.68. The summed E-state index contributed by atoms with van der Waals surface area (Å²) < 4.78 is 9.55. The molecule has 2 N–H and O–H groups in total. The third-order valence-electron chi connectivity index (χ3n) is 2.33. The molecule has 1 rings (SSSR count). The van der Waals surface area contributed by atoms with Gasteiger partial charge in [0.05, 0.1) is 25.5 Å². The van der Waals surface area contributed by atoms with E-state index in [1.54, 1.807) is 30.3 Å². The summed E-state index contributed by atoms with van der Waals surface area (Å²) in [7, 11) is 1.21. The van der Waals surface area contributed by atoms with E-state index < -0.39 is 23.9 Å². The lowest BCUT2D eigenvalue weighted by Gasteiger charge is -2.15. The first-order chi connectivity index (χ1) is 9.02. The lowest BCUT2D eigenvalue weighted by Crippen LogP contribution is -2.28. The molecule has 0 heterocycles. The summed E-state index contributed by atoms with van der Waals surface area (Å²) in [6.45, 7) is 0. The van der Waals surface area contributed by atoms with E-state index in [4.69, 9.17) is 10.5 Å². The molecule has 0 aliphatic rings. The maximum absolute atomic E-state index is 11.8. The van der Waals surface area contributed by atoms with Gasteiger partial charge in [-0.05, 0) is 12.1 Å². The Bertz CT molecular complexity index is 457. The van der Waals surface area contributed by atoms with E-state index in [0.717, 1.165) is 0 Å². The van der Waals surface area contributed by atoms with Crippen LogP contribution in [0.1, 0.15) is 23.2 Å². The van der Waals surface area contributed by atoms with Crippen LogP contribution in [0.25, 0.3) is 0 Å². The molecular weight excluding hydrogens is 250 g/mol. The van der Waals surface area contributed by atoms with Gasteiger partial charge in [0.1, 0.15) is 6.10 Å². The Kier molecular flexibility index (Phi) is 5.53. The van der Waals surface area contributed by atoms with Crippen LogP contribution < -0.4 is 5.73 Å². The van der Waals surface area contributed by atoms with Crippen molar-refractivity contribution in [2.75, 3.05) is 7.11 Å².